The Kier molecular flexibility index (Phi) is 3.61. The third kappa shape index (κ3) is 2.75. The Morgan fingerprint density at radius 2 is 1.90 bits per heavy atom. The molecule has 1 amide bonds. The summed E-state index contributed by atoms with van der Waals surface area (Å²) < 4.78 is 26.6. The van der Waals surface area contributed by atoms with Gasteiger partial charge in [0, 0.05) is 24.7 Å². The average molecular weight is 309 g/mol. The molecule has 0 unspecified atom stereocenters. The molecule has 21 heavy (non-hydrogen) atoms. The highest BCUT2D eigenvalue weighted by molar-refractivity contribution is 6.34. The Morgan fingerprint density at radius 1 is 1.14 bits per heavy atom. The summed E-state index contributed by atoms with van der Waals surface area (Å²) in [5, 5.41) is 5.38. The maximum atomic E-state index is 13.7. The van der Waals surface area contributed by atoms with Crippen molar-refractivity contribution in [1.29, 1.82) is 0 Å². The van der Waals surface area contributed by atoms with E-state index in [1.165, 1.54) is 0 Å². The third-order valence-electron chi connectivity index (χ3n) is 3.34. The summed E-state index contributed by atoms with van der Waals surface area (Å²) in [6.45, 7) is 1.47. The summed E-state index contributed by atoms with van der Waals surface area (Å²) in [6.07, 6.45) is 0. The number of nitrogens with one attached hydrogen (secondary N) is 2. The number of fused-ring (bicyclic) bond motifs is 1. The van der Waals surface area contributed by atoms with Gasteiger partial charge >= 0.3 is 0 Å². The van der Waals surface area contributed by atoms with Gasteiger partial charge in [0.05, 0.1) is 10.7 Å². The second-order valence-electron chi connectivity index (χ2n) is 4.79. The molecule has 0 aliphatic carbocycles. The van der Waals surface area contributed by atoms with Crippen LogP contribution in [-0.2, 0) is 13.1 Å². The highest BCUT2D eigenvalue weighted by Gasteiger charge is 2.16. The molecule has 2 N–H and O–H groups in total. The molecule has 1 heterocycles. The number of benzene rings is 2. The quantitative estimate of drug-likeness (QED) is 0.892. The van der Waals surface area contributed by atoms with E-state index in [9.17, 15) is 13.6 Å². The fourth-order valence-corrected chi connectivity index (χ4v) is 2.53. The maximum Gasteiger partial charge on any atom is 0.255 e. The van der Waals surface area contributed by atoms with E-state index < -0.39 is 17.5 Å². The maximum absolute atomic E-state index is 13.7. The van der Waals surface area contributed by atoms with Crippen LogP contribution in [-0.4, -0.2) is 5.91 Å². The first-order chi connectivity index (χ1) is 10.0. The molecule has 0 fully saturated rings. The zero-order valence-electron chi connectivity index (χ0n) is 10.8. The van der Waals surface area contributed by atoms with E-state index in [1.54, 1.807) is 12.1 Å². The first-order valence-electron chi connectivity index (χ1n) is 6.33. The molecule has 3 rings (SSSR count). The van der Waals surface area contributed by atoms with Crippen molar-refractivity contribution in [1.82, 2.24) is 5.32 Å². The molecule has 1 aliphatic rings. The van der Waals surface area contributed by atoms with Crippen LogP contribution in [0, 0.1) is 11.6 Å². The first kappa shape index (κ1) is 14.0. The van der Waals surface area contributed by atoms with Crippen molar-refractivity contribution in [2.45, 2.75) is 13.1 Å². The molecule has 2 aromatic rings. The number of halogens is 3. The Morgan fingerprint density at radius 3 is 2.67 bits per heavy atom. The lowest BCUT2D eigenvalue weighted by Gasteiger charge is -2.09. The van der Waals surface area contributed by atoms with Gasteiger partial charge in [-0.15, -0.1) is 0 Å². The Hall–Kier alpha value is -1.98. The molecule has 108 valence electrons. The topological polar surface area (TPSA) is 41.1 Å². The molecule has 0 saturated carbocycles. The van der Waals surface area contributed by atoms with E-state index in [-0.39, 0.29) is 10.7 Å². The number of rotatable bonds is 2. The van der Waals surface area contributed by atoms with Gasteiger partial charge < -0.3 is 10.6 Å². The standard InChI is InChI=1S/C15H11ClF2N2O/c16-12-4-11(17)5-13(18)14(12)20-15(21)8-1-2-9-6-19-7-10(9)3-8/h1-5,19H,6-7H2,(H,20,21). The van der Waals surface area contributed by atoms with Crippen molar-refractivity contribution in [2.24, 2.45) is 0 Å². The molecule has 2 aromatic carbocycles. The van der Waals surface area contributed by atoms with Gasteiger partial charge in [-0.05, 0) is 29.3 Å². The number of carbonyl (C=O) groups excluding carboxylic acids is 1. The van der Waals surface area contributed by atoms with Gasteiger partial charge in [0.2, 0.25) is 0 Å². The predicted molar refractivity (Wildman–Crippen MR) is 76.3 cm³/mol. The van der Waals surface area contributed by atoms with Crippen molar-refractivity contribution in [3.05, 3.63) is 63.7 Å². The Balaban J connectivity index is 1.87. The van der Waals surface area contributed by atoms with Crippen LogP contribution >= 0.6 is 11.6 Å². The molecule has 6 heteroatoms. The zero-order valence-corrected chi connectivity index (χ0v) is 11.6. The van der Waals surface area contributed by atoms with Gasteiger partial charge in [-0.2, -0.15) is 0 Å². The van der Waals surface area contributed by atoms with Crippen LogP contribution in [0.5, 0.6) is 0 Å². The van der Waals surface area contributed by atoms with Crippen LogP contribution in [0.25, 0.3) is 0 Å². The second kappa shape index (κ2) is 5.42. The van der Waals surface area contributed by atoms with Crippen molar-refractivity contribution in [3.63, 3.8) is 0 Å². The summed E-state index contributed by atoms with van der Waals surface area (Å²) in [4.78, 5) is 12.2. The SMILES string of the molecule is O=C(Nc1c(F)cc(F)cc1Cl)c1ccc2c(c1)CNC2. The molecule has 0 bridgehead atoms. The smallest absolute Gasteiger partial charge is 0.255 e. The zero-order chi connectivity index (χ0) is 15.0. The molecule has 0 radical (unpaired) electrons. The van der Waals surface area contributed by atoms with Crippen molar-refractivity contribution >= 4 is 23.2 Å². The third-order valence-corrected chi connectivity index (χ3v) is 3.64. The average Bonchev–Trinajstić information content (AvgIpc) is 2.89. The molecule has 0 aromatic heterocycles. The largest absolute Gasteiger partial charge is 0.318 e. The van der Waals surface area contributed by atoms with Crippen molar-refractivity contribution < 1.29 is 13.6 Å². The van der Waals surface area contributed by atoms with E-state index in [0.29, 0.717) is 18.2 Å². The number of hydrogen-bond donors (Lipinski definition) is 2. The summed E-state index contributed by atoms with van der Waals surface area (Å²) in [5.74, 6) is -2.19. The number of hydrogen-bond acceptors (Lipinski definition) is 2. The second-order valence-corrected chi connectivity index (χ2v) is 5.19. The van der Waals surface area contributed by atoms with E-state index >= 15 is 0 Å². The van der Waals surface area contributed by atoms with Gasteiger partial charge in [0.25, 0.3) is 5.91 Å². The fourth-order valence-electron chi connectivity index (χ4n) is 2.28. The molecular formula is C15H11ClF2N2O. The summed E-state index contributed by atoms with van der Waals surface area (Å²) in [6, 6.07) is 6.89. The van der Waals surface area contributed by atoms with Gasteiger partial charge in [-0.3, -0.25) is 4.79 Å². The lowest BCUT2D eigenvalue weighted by molar-refractivity contribution is 0.102. The van der Waals surface area contributed by atoms with Crippen LogP contribution in [0.1, 0.15) is 21.5 Å². The minimum Gasteiger partial charge on any atom is -0.318 e. The Bertz CT molecular complexity index is 711. The monoisotopic (exact) mass is 308 g/mol. The Labute approximate surface area is 124 Å². The molecule has 3 nitrogen and oxygen atoms in total. The van der Waals surface area contributed by atoms with Crippen molar-refractivity contribution in [3.8, 4) is 0 Å². The van der Waals surface area contributed by atoms with E-state index in [4.69, 9.17) is 11.6 Å². The van der Waals surface area contributed by atoms with Crippen molar-refractivity contribution in [2.75, 3.05) is 5.32 Å². The highest BCUT2D eigenvalue weighted by Crippen LogP contribution is 2.27. The fraction of sp³-hybridized carbons (Fsp3) is 0.133. The van der Waals surface area contributed by atoms with Gasteiger partial charge in [0.15, 0.2) is 5.82 Å². The predicted octanol–water partition coefficient (Wildman–Crippen LogP) is 3.47. The van der Waals surface area contributed by atoms with Gasteiger partial charge in [0.1, 0.15) is 5.82 Å². The molecule has 0 saturated heterocycles. The highest BCUT2D eigenvalue weighted by atomic mass is 35.5. The van der Waals surface area contributed by atoms with E-state index in [1.807, 2.05) is 6.07 Å². The first-order valence-corrected chi connectivity index (χ1v) is 6.71. The van der Waals surface area contributed by atoms with Crippen LogP contribution in [0.2, 0.25) is 5.02 Å². The minimum absolute atomic E-state index is 0.177. The number of anilines is 1. The van der Waals surface area contributed by atoms with Crippen LogP contribution in [0.3, 0.4) is 0 Å². The molecular weight excluding hydrogens is 298 g/mol. The minimum atomic E-state index is -0.906. The van der Waals surface area contributed by atoms with E-state index in [0.717, 1.165) is 23.7 Å². The van der Waals surface area contributed by atoms with Crippen LogP contribution < -0.4 is 10.6 Å². The normalized spacial score (nSPS) is 13.1. The molecule has 1 aliphatic heterocycles. The lowest BCUT2D eigenvalue weighted by Crippen LogP contribution is -2.14. The van der Waals surface area contributed by atoms with E-state index in [2.05, 4.69) is 10.6 Å². The number of carbonyl (C=O) groups is 1. The number of amides is 1. The molecule has 0 atom stereocenters. The van der Waals surface area contributed by atoms with Crippen LogP contribution in [0.4, 0.5) is 14.5 Å². The van der Waals surface area contributed by atoms with Gasteiger partial charge in [-0.1, -0.05) is 17.7 Å². The lowest BCUT2D eigenvalue weighted by atomic mass is 10.1. The summed E-state index contributed by atoms with van der Waals surface area (Å²) in [5.41, 5.74) is 2.35. The van der Waals surface area contributed by atoms with Crippen LogP contribution in [0.15, 0.2) is 30.3 Å². The van der Waals surface area contributed by atoms with Gasteiger partial charge in [-0.25, -0.2) is 8.78 Å². The summed E-state index contributed by atoms with van der Waals surface area (Å²) >= 11 is 5.76. The summed E-state index contributed by atoms with van der Waals surface area (Å²) in [7, 11) is 0. The molecule has 0 spiro atoms.